The minimum atomic E-state index is -1.03. The number of nitrogens with zero attached hydrogens (tertiary/aromatic N) is 1. The summed E-state index contributed by atoms with van der Waals surface area (Å²) in [6.45, 7) is 0. The Hall–Kier alpha value is -1.88. The van der Waals surface area contributed by atoms with Gasteiger partial charge in [-0.1, -0.05) is 15.9 Å². The lowest BCUT2D eigenvalue weighted by molar-refractivity contribution is 0.0694. The zero-order valence-electron chi connectivity index (χ0n) is 8.63. The van der Waals surface area contributed by atoms with E-state index >= 15 is 0 Å². The third-order valence-electron chi connectivity index (χ3n) is 2.05. The number of carboxylic acid groups (broad SMARTS) is 1. The van der Waals surface area contributed by atoms with Crippen LogP contribution in [0, 0.1) is 0 Å². The second kappa shape index (κ2) is 4.97. The van der Waals surface area contributed by atoms with Crippen LogP contribution in [0.15, 0.2) is 47.2 Å². The van der Waals surface area contributed by atoms with Crippen LogP contribution in [0.25, 0.3) is 0 Å². The first kappa shape index (κ1) is 11.6. The Kier molecular flexibility index (Phi) is 3.39. The fourth-order valence-electron chi connectivity index (χ4n) is 1.29. The molecule has 0 aliphatic heterocycles. The zero-order valence-corrected chi connectivity index (χ0v) is 10.2. The summed E-state index contributed by atoms with van der Waals surface area (Å²) >= 11 is 3.27. The summed E-state index contributed by atoms with van der Waals surface area (Å²) in [6, 6.07) is 8.08. The number of pyridine rings is 1. The summed E-state index contributed by atoms with van der Waals surface area (Å²) in [5, 5.41) is 9.03. The number of halogens is 1. The Labute approximate surface area is 106 Å². The predicted octanol–water partition coefficient (Wildman–Crippen LogP) is 3.33. The number of rotatable bonds is 3. The van der Waals surface area contributed by atoms with Gasteiger partial charge >= 0.3 is 5.97 Å². The fourth-order valence-corrected chi connectivity index (χ4v) is 1.63. The highest BCUT2D eigenvalue weighted by Crippen LogP contribution is 2.28. The van der Waals surface area contributed by atoms with E-state index < -0.39 is 5.97 Å². The van der Waals surface area contributed by atoms with E-state index in [1.54, 1.807) is 36.7 Å². The molecule has 0 bridgehead atoms. The molecule has 2 rings (SSSR count). The summed E-state index contributed by atoms with van der Waals surface area (Å²) in [4.78, 5) is 14.9. The van der Waals surface area contributed by atoms with E-state index in [1.807, 2.05) is 0 Å². The molecule has 1 aromatic heterocycles. The van der Waals surface area contributed by atoms with Crippen molar-refractivity contribution >= 4 is 21.9 Å². The van der Waals surface area contributed by atoms with Gasteiger partial charge in [0.1, 0.15) is 17.1 Å². The SMILES string of the molecule is O=C(O)c1ccc(Br)cc1Oc1ccncc1. The van der Waals surface area contributed by atoms with Gasteiger partial charge < -0.3 is 9.84 Å². The molecular formula is C12H8BrNO3. The Bertz CT molecular complexity index is 543. The molecule has 0 aliphatic carbocycles. The first-order valence-electron chi connectivity index (χ1n) is 4.77. The lowest BCUT2D eigenvalue weighted by Gasteiger charge is -2.08. The van der Waals surface area contributed by atoms with Gasteiger partial charge in [-0.25, -0.2) is 4.79 Å². The summed E-state index contributed by atoms with van der Waals surface area (Å²) in [5.41, 5.74) is 0.116. The van der Waals surface area contributed by atoms with Gasteiger partial charge in [-0.15, -0.1) is 0 Å². The van der Waals surface area contributed by atoms with Crippen LogP contribution >= 0.6 is 15.9 Å². The van der Waals surface area contributed by atoms with Crippen LogP contribution in [-0.4, -0.2) is 16.1 Å². The van der Waals surface area contributed by atoms with Gasteiger partial charge in [-0.2, -0.15) is 0 Å². The van der Waals surface area contributed by atoms with E-state index in [4.69, 9.17) is 9.84 Å². The highest BCUT2D eigenvalue weighted by molar-refractivity contribution is 9.10. The van der Waals surface area contributed by atoms with Crippen LogP contribution < -0.4 is 4.74 Å². The topological polar surface area (TPSA) is 59.4 Å². The predicted molar refractivity (Wildman–Crippen MR) is 65.4 cm³/mol. The van der Waals surface area contributed by atoms with Gasteiger partial charge in [0, 0.05) is 16.9 Å². The zero-order chi connectivity index (χ0) is 12.3. The second-order valence-electron chi connectivity index (χ2n) is 3.23. The smallest absolute Gasteiger partial charge is 0.339 e. The highest BCUT2D eigenvalue weighted by Gasteiger charge is 2.12. The van der Waals surface area contributed by atoms with Crippen molar-refractivity contribution in [2.75, 3.05) is 0 Å². The van der Waals surface area contributed by atoms with Gasteiger partial charge in [0.05, 0.1) is 0 Å². The number of benzene rings is 1. The van der Waals surface area contributed by atoms with Crippen molar-refractivity contribution in [3.8, 4) is 11.5 Å². The maximum Gasteiger partial charge on any atom is 0.339 e. The van der Waals surface area contributed by atoms with E-state index in [0.717, 1.165) is 4.47 Å². The van der Waals surface area contributed by atoms with Gasteiger partial charge in [-0.05, 0) is 30.3 Å². The van der Waals surface area contributed by atoms with Crippen LogP contribution in [0.1, 0.15) is 10.4 Å². The molecule has 86 valence electrons. The molecule has 0 saturated heterocycles. The van der Waals surface area contributed by atoms with Crippen LogP contribution in [0.2, 0.25) is 0 Å². The van der Waals surface area contributed by atoms with Crippen molar-refractivity contribution in [2.24, 2.45) is 0 Å². The van der Waals surface area contributed by atoms with Crippen molar-refractivity contribution in [1.29, 1.82) is 0 Å². The molecular weight excluding hydrogens is 286 g/mol. The van der Waals surface area contributed by atoms with Gasteiger partial charge in [-0.3, -0.25) is 4.98 Å². The number of aromatic carboxylic acids is 1. The number of hydrogen-bond donors (Lipinski definition) is 1. The van der Waals surface area contributed by atoms with Gasteiger partial charge in [0.2, 0.25) is 0 Å². The molecule has 0 atom stereocenters. The Balaban J connectivity index is 2.37. The molecule has 0 amide bonds. The molecule has 0 unspecified atom stereocenters. The lowest BCUT2D eigenvalue weighted by atomic mass is 10.2. The quantitative estimate of drug-likeness (QED) is 0.943. The number of aromatic nitrogens is 1. The minimum absolute atomic E-state index is 0.116. The first-order valence-corrected chi connectivity index (χ1v) is 5.57. The summed E-state index contributed by atoms with van der Waals surface area (Å²) in [7, 11) is 0. The molecule has 17 heavy (non-hydrogen) atoms. The molecule has 0 fully saturated rings. The van der Waals surface area contributed by atoms with E-state index in [1.165, 1.54) is 6.07 Å². The maximum absolute atomic E-state index is 11.0. The Morgan fingerprint density at radius 1 is 1.24 bits per heavy atom. The van der Waals surface area contributed by atoms with Gasteiger partial charge in [0.25, 0.3) is 0 Å². The average molecular weight is 294 g/mol. The summed E-state index contributed by atoms with van der Waals surface area (Å²) in [6.07, 6.45) is 3.15. The number of hydrogen-bond acceptors (Lipinski definition) is 3. The van der Waals surface area contributed by atoms with E-state index in [-0.39, 0.29) is 11.3 Å². The third kappa shape index (κ3) is 2.82. The van der Waals surface area contributed by atoms with Crippen LogP contribution in [0.5, 0.6) is 11.5 Å². The van der Waals surface area contributed by atoms with Crippen LogP contribution in [0.4, 0.5) is 0 Å². The number of ether oxygens (including phenoxy) is 1. The number of carbonyl (C=O) groups is 1. The average Bonchev–Trinajstić information content (AvgIpc) is 2.30. The Morgan fingerprint density at radius 2 is 1.94 bits per heavy atom. The summed E-state index contributed by atoms with van der Waals surface area (Å²) in [5.74, 6) is -0.194. The molecule has 0 spiro atoms. The standard InChI is InChI=1S/C12H8BrNO3/c13-8-1-2-10(12(15)16)11(7-8)17-9-3-5-14-6-4-9/h1-7H,(H,15,16). The largest absolute Gasteiger partial charge is 0.478 e. The molecule has 0 aliphatic rings. The van der Waals surface area contributed by atoms with E-state index in [0.29, 0.717) is 5.75 Å². The van der Waals surface area contributed by atoms with Crippen molar-refractivity contribution in [2.45, 2.75) is 0 Å². The van der Waals surface area contributed by atoms with Crippen LogP contribution in [-0.2, 0) is 0 Å². The fraction of sp³-hybridized carbons (Fsp3) is 0. The lowest BCUT2D eigenvalue weighted by Crippen LogP contribution is -1.99. The molecule has 4 nitrogen and oxygen atoms in total. The maximum atomic E-state index is 11.0. The molecule has 2 aromatic rings. The molecule has 1 heterocycles. The monoisotopic (exact) mass is 293 g/mol. The molecule has 1 N–H and O–H groups in total. The molecule has 5 heteroatoms. The Morgan fingerprint density at radius 3 is 2.59 bits per heavy atom. The molecule has 1 aromatic carbocycles. The summed E-state index contributed by atoms with van der Waals surface area (Å²) < 4.78 is 6.26. The first-order chi connectivity index (χ1) is 8.16. The highest BCUT2D eigenvalue weighted by atomic mass is 79.9. The normalized spacial score (nSPS) is 9.94. The van der Waals surface area contributed by atoms with Crippen molar-refractivity contribution < 1.29 is 14.6 Å². The van der Waals surface area contributed by atoms with Crippen molar-refractivity contribution in [3.63, 3.8) is 0 Å². The van der Waals surface area contributed by atoms with Crippen molar-refractivity contribution in [1.82, 2.24) is 4.98 Å². The van der Waals surface area contributed by atoms with Crippen molar-refractivity contribution in [3.05, 3.63) is 52.8 Å². The van der Waals surface area contributed by atoms with E-state index in [2.05, 4.69) is 20.9 Å². The van der Waals surface area contributed by atoms with E-state index in [9.17, 15) is 4.79 Å². The van der Waals surface area contributed by atoms with Crippen LogP contribution in [0.3, 0.4) is 0 Å². The number of carboxylic acids is 1. The molecule has 0 radical (unpaired) electrons. The minimum Gasteiger partial charge on any atom is -0.478 e. The van der Waals surface area contributed by atoms with Gasteiger partial charge in [0.15, 0.2) is 0 Å². The molecule has 0 saturated carbocycles. The third-order valence-corrected chi connectivity index (χ3v) is 2.54. The second-order valence-corrected chi connectivity index (χ2v) is 4.15.